The largest absolute Gasteiger partial charge is 0.378 e. The lowest BCUT2D eigenvalue weighted by atomic mass is 10.2. The number of hydrogen-bond acceptors (Lipinski definition) is 8. The highest BCUT2D eigenvalue weighted by Gasteiger charge is 2.21. The molecule has 0 aliphatic carbocycles. The predicted molar refractivity (Wildman–Crippen MR) is 143 cm³/mol. The molecule has 5 rings (SSSR count). The minimum atomic E-state index is -0.0657. The summed E-state index contributed by atoms with van der Waals surface area (Å²) in [6.45, 7) is 10.7. The molecular weight excluding hydrogens is 460 g/mol. The van der Waals surface area contributed by atoms with Gasteiger partial charge in [-0.3, -0.25) is 9.69 Å². The Hall–Kier alpha value is -2.75. The molecule has 2 fully saturated rings. The molecule has 1 aromatic carbocycles. The van der Waals surface area contributed by atoms with Gasteiger partial charge in [-0.25, -0.2) is 9.97 Å². The van der Waals surface area contributed by atoms with Crippen molar-refractivity contribution >= 4 is 44.7 Å². The fourth-order valence-electron chi connectivity index (χ4n) is 4.83. The van der Waals surface area contributed by atoms with Crippen LogP contribution in [0.2, 0.25) is 0 Å². The van der Waals surface area contributed by atoms with Crippen molar-refractivity contribution in [3.05, 3.63) is 40.5 Å². The molecule has 0 bridgehead atoms. The number of ether oxygens (including phenoxy) is 1. The van der Waals surface area contributed by atoms with Gasteiger partial charge >= 0.3 is 0 Å². The molecule has 0 radical (unpaired) electrons. The number of rotatable bonds is 7. The summed E-state index contributed by atoms with van der Waals surface area (Å²) in [5.74, 6) is 1.61. The highest BCUT2D eigenvalue weighted by atomic mass is 32.1. The summed E-state index contributed by atoms with van der Waals surface area (Å²) in [4.78, 5) is 31.7. The van der Waals surface area contributed by atoms with Crippen LogP contribution in [0.4, 0.5) is 17.2 Å². The summed E-state index contributed by atoms with van der Waals surface area (Å²) in [5.41, 5.74) is 3.14. The minimum absolute atomic E-state index is 0.0657. The van der Waals surface area contributed by atoms with Gasteiger partial charge in [0.25, 0.3) is 0 Å². The number of amides is 1. The molecule has 2 saturated heterocycles. The maximum absolute atomic E-state index is 12.9. The number of fused-ring (bicyclic) bond motifs is 1. The van der Waals surface area contributed by atoms with Gasteiger partial charge in [0.2, 0.25) is 5.91 Å². The van der Waals surface area contributed by atoms with Gasteiger partial charge in [-0.1, -0.05) is 0 Å². The first kappa shape index (κ1) is 24.0. The lowest BCUT2D eigenvalue weighted by molar-refractivity contribution is -0.114. The van der Waals surface area contributed by atoms with Crippen molar-refractivity contribution in [1.29, 1.82) is 0 Å². The first-order chi connectivity index (χ1) is 17.0. The molecule has 35 heavy (non-hydrogen) atoms. The van der Waals surface area contributed by atoms with Gasteiger partial charge in [-0.05, 0) is 69.6 Å². The van der Waals surface area contributed by atoms with Crippen LogP contribution in [0.25, 0.3) is 10.2 Å². The van der Waals surface area contributed by atoms with Crippen LogP contribution in [0.15, 0.2) is 24.3 Å². The SMILES string of the molecule is Cc1sc2nc(CN3CCCC3)nc(N(C)CC(=O)Nc3ccc(N4CCOCC4)cc3)c2c1C. The number of thiophene rings is 1. The van der Waals surface area contributed by atoms with Crippen LogP contribution >= 0.6 is 11.3 Å². The van der Waals surface area contributed by atoms with E-state index >= 15 is 0 Å². The Morgan fingerprint density at radius 3 is 2.51 bits per heavy atom. The van der Waals surface area contributed by atoms with Crippen molar-refractivity contribution in [3.63, 3.8) is 0 Å². The molecule has 1 amide bonds. The first-order valence-electron chi connectivity index (χ1n) is 12.4. The third-order valence-electron chi connectivity index (χ3n) is 6.89. The van der Waals surface area contributed by atoms with Crippen LogP contribution in [0, 0.1) is 13.8 Å². The van der Waals surface area contributed by atoms with Crippen LogP contribution in [0.1, 0.15) is 29.1 Å². The van der Waals surface area contributed by atoms with E-state index in [1.165, 1.54) is 23.3 Å². The zero-order valence-corrected chi connectivity index (χ0v) is 21.7. The summed E-state index contributed by atoms with van der Waals surface area (Å²) >= 11 is 1.71. The molecule has 0 atom stereocenters. The normalized spacial score (nSPS) is 16.7. The zero-order valence-electron chi connectivity index (χ0n) is 20.8. The second-order valence-corrected chi connectivity index (χ2v) is 10.7. The van der Waals surface area contributed by atoms with Crippen molar-refractivity contribution in [2.45, 2.75) is 33.2 Å². The van der Waals surface area contributed by atoms with Crippen molar-refractivity contribution < 1.29 is 9.53 Å². The molecule has 186 valence electrons. The molecular formula is C26H34N6O2S. The van der Waals surface area contributed by atoms with Gasteiger partial charge in [0, 0.05) is 36.4 Å². The third-order valence-corrected chi connectivity index (χ3v) is 7.99. The molecule has 2 aliphatic rings. The molecule has 9 heteroatoms. The van der Waals surface area contributed by atoms with Crippen LogP contribution in [-0.4, -0.2) is 73.8 Å². The molecule has 1 N–H and O–H groups in total. The Bertz CT molecular complexity index is 1180. The highest BCUT2D eigenvalue weighted by molar-refractivity contribution is 7.18. The molecule has 8 nitrogen and oxygen atoms in total. The molecule has 2 aliphatic heterocycles. The van der Waals surface area contributed by atoms with Crippen molar-refractivity contribution in [3.8, 4) is 0 Å². The van der Waals surface area contributed by atoms with Crippen LogP contribution < -0.4 is 15.1 Å². The van der Waals surface area contributed by atoms with Gasteiger partial charge in [-0.2, -0.15) is 0 Å². The Morgan fingerprint density at radius 1 is 1.09 bits per heavy atom. The molecule has 0 spiro atoms. The topological polar surface area (TPSA) is 73.8 Å². The van der Waals surface area contributed by atoms with Crippen molar-refractivity contribution in [1.82, 2.24) is 14.9 Å². The average molecular weight is 495 g/mol. The smallest absolute Gasteiger partial charge is 0.243 e. The number of nitrogens with zero attached hydrogens (tertiary/aromatic N) is 5. The number of aromatic nitrogens is 2. The fourth-order valence-corrected chi connectivity index (χ4v) is 5.87. The zero-order chi connectivity index (χ0) is 24.4. The standard InChI is InChI=1S/C26H34N6O2S/c1-18-19(2)35-26-24(18)25(28-22(29-26)16-31-10-4-5-11-31)30(3)17-23(33)27-20-6-8-21(9-7-20)32-12-14-34-15-13-32/h6-9H,4-5,10-17H2,1-3H3,(H,27,33). The predicted octanol–water partition coefficient (Wildman–Crippen LogP) is 3.82. The molecule has 0 saturated carbocycles. The monoisotopic (exact) mass is 494 g/mol. The molecule has 3 aromatic rings. The molecule has 4 heterocycles. The summed E-state index contributed by atoms with van der Waals surface area (Å²) in [6, 6.07) is 8.04. The summed E-state index contributed by atoms with van der Waals surface area (Å²) in [7, 11) is 1.94. The Morgan fingerprint density at radius 2 is 1.80 bits per heavy atom. The van der Waals surface area contributed by atoms with E-state index < -0.39 is 0 Å². The number of hydrogen-bond donors (Lipinski definition) is 1. The molecule has 0 unspecified atom stereocenters. The Balaban J connectivity index is 1.30. The van der Waals surface area contributed by atoms with E-state index in [0.29, 0.717) is 0 Å². The fraction of sp³-hybridized carbons (Fsp3) is 0.500. The number of anilines is 3. The minimum Gasteiger partial charge on any atom is -0.378 e. The number of carbonyl (C=O) groups is 1. The van der Waals surface area contributed by atoms with Crippen LogP contribution in [0.5, 0.6) is 0 Å². The van der Waals surface area contributed by atoms with Gasteiger partial charge in [0.05, 0.1) is 31.7 Å². The number of morpholine rings is 1. The third kappa shape index (κ3) is 5.42. The maximum atomic E-state index is 12.9. The quantitative estimate of drug-likeness (QED) is 0.535. The van der Waals surface area contributed by atoms with Crippen molar-refractivity contribution in [2.24, 2.45) is 0 Å². The number of aryl methyl sites for hydroxylation is 2. The lowest BCUT2D eigenvalue weighted by Crippen LogP contribution is -2.36. The maximum Gasteiger partial charge on any atom is 0.243 e. The number of likely N-dealkylation sites (tertiary alicyclic amines) is 1. The van der Waals surface area contributed by atoms with E-state index in [0.717, 1.165) is 79.2 Å². The lowest BCUT2D eigenvalue weighted by Gasteiger charge is -2.29. The van der Waals surface area contributed by atoms with E-state index in [9.17, 15) is 4.79 Å². The average Bonchev–Trinajstić information content (AvgIpc) is 3.47. The van der Waals surface area contributed by atoms with Gasteiger partial charge < -0.3 is 19.9 Å². The Kier molecular flexibility index (Phi) is 7.17. The second kappa shape index (κ2) is 10.5. The van der Waals surface area contributed by atoms with E-state index in [1.807, 2.05) is 24.1 Å². The van der Waals surface area contributed by atoms with E-state index in [2.05, 4.69) is 41.1 Å². The Labute approximate surface area is 210 Å². The molecule has 2 aromatic heterocycles. The number of carbonyl (C=O) groups excluding carboxylic acids is 1. The van der Waals surface area contributed by atoms with E-state index in [1.54, 1.807) is 11.3 Å². The van der Waals surface area contributed by atoms with E-state index in [-0.39, 0.29) is 12.5 Å². The van der Waals surface area contributed by atoms with Gasteiger partial charge in [0.15, 0.2) is 0 Å². The highest BCUT2D eigenvalue weighted by Crippen LogP contribution is 2.35. The summed E-state index contributed by atoms with van der Waals surface area (Å²) in [6.07, 6.45) is 2.47. The van der Waals surface area contributed by atoms with Gasteiger partial charge in [-0.15, -0.1) is 11.3 Å². The van der Waals surface area contributed by atoms with Crippen LogP contribution in [0.3, 0.4) is 0 Å². The summed E-state index contributed by atoms with van der Waals surface area (Å²) < 4.78 is 5.43. The first-order valence-corrected chi connectivity index (χ1v) is 13.2. The number of nitrogens with one attached hydrogen (secondary N) is 1. The van der Waals surface area contributed by atoms with Crippen LogP contribution in [-0.2, 0) is 16.1 Å². The van der Waals surface area contributed by atoms with Gasteiger partial charge in [0.1, 0.15) is 16.5 Å². The number of likely N-dealkylation sites (N-methyl/N-ethyl adjacent to an activating group) is 1. The van der Waals surface area contributed by atoms with Crippen molar-refractivity contribution in [2.75, 3.05) is 68.1 Å². The van der Waals surface area contributed by atoms with E-state index in [4.69, 9.17) is 14.7 Å². The summed E-state index contributed by atoms with van der Waals surface area (Å²) in [5, 5.41) is 4.10. The second-order valence-electron chi connectivity index (χ2n) is 9.46. The number of benzene rings is 1.